The van der Waals surface area contributed by atoms with Crippen molar-refractivity contribution in [3.05, 3.63) is 126 Å². The van der Waals surface area contributed by atoms with Crippen LogP contribution < -0.4 is 14.4 Å². The van der Waals surface area contributed by atoms with Crippen LogP contribution in [0.5, 0.6) is 5.75 Å². The summed E-state index contributed by atoms with van der Waals surface area (Å²) in [5, 5.41) is 3.05. The van der Waals surface area contributed by atoms with E-state index in [0.717, 1.165) is 16.7 Å². The van der Waals surface area contributed by atoms with Gasteiger partial charge in [-0.2, -0.15) is 0 Å². The van der Waals surface area contributed by atoms with Crippen LogP contribution in [0.25, 0.3) is 0 Å². The highest BCUT2D eigenvalue weighted by atomic mass is 32.2. The summed E-state index contributed by atoms with van der Waals surface area (Å²) in [7, 11) is -3.70. The summed E-state index contributed by atoms with van der Waals surface area (Å²) in [6.45, 7) is 3.81. The van der Waals surface area contributed by atoms with Gasteiger partial charge in [-0.25, -0.2) is 8.42 Å². The van der Waals surface area contributed by atoms with Crippen molar-refractivity contribution in [3.63, 3.8) is 0 Å². The molecule has 6 nitrogen and oxygen atoms in total. The zero-order valence-corrected chi connectivity index (χ0v) is 21.7. The second-order valence-corrected chi connectivity index (χ2v) is 10.4. The Hall–Kier alpha value is -4.10. The van der Waals surface area contributed by atoms with Gasteiger partial charge >= 0.3 is 0 Å². The first kappa shape index (κ1) is 26.0. The highest BCUT2D eigenvalue weighted by molar-refractivity contribution is 7.92. The van der Waals surface area contributed by atoms with Gasteiger partial charge in [-0.05, 0) is 61.4 Å². The number of ether oxygens (including phenoxy) is 1. The molecule has 0 bridgehead atoms. The highest BCUT2D eigenvalue weighted by Gasteiger charge is 2.23. The number of benzene rings is 4. The second kappa shape index (κ2) is 11.8. The van der Waals surface area contributed by atoms with Gasteiger partial charge in [0, 0.05) is 6.54 Å². The Kier molecular flexibility index (Phi) is 8.25. The first-order chi connectivity index (χ1) is 17.9. The van der Waals surface area contributed by atoms with Crippen LogP contribution in [0, 0.1) is 6.92 Å². The van der Waals surface area contributed by atoms with Crippen molar-refractivity contribution in [2.45, 2.75) is 24.8 Å². The molecule has 7 heteroatoms. The normalized spacial score (nSPS) is 11.2. The van der Waals surface area contributed by atoms with E-state index in [2.05, 4.69) is 5.32 Å². The quantitative estimate of drug-likeness (QED) is 0.303. The van der Waals surface area contributed by atoms with Crippen molar-refractivity contribution in [3.8, 4) is 5.75 Å². The number of nitrogens with one attached hydrogen (secondary N) is 1. The Balaban J connectivity index is 1.42. The topological polar surface area (TPSA) is 75.7 Å². The molecule has 0 saturated carbocycles. The van der Waals surface area contributed by atoms with Crippen LogP contribution in [-0.2, 0) is 14.8 Å². The van der Waals surface area contributed by atoms with Gasteiger partial charge in [-0.15, -0.1) is 0 Å². The Morgan fingerprint density at radius 1 is 0.811 bits per heavy atom. The predicted octanol–water partition coefficient (Wildman–Crippen LogP) is 5.49. The van der Waals surface area contributed by atoms with E-state index >= 15 is 0 Å². The van der Waals surface area contributed by atoms with Crippen molar-refractivity contribution in [1.29, 1.82) is 0 Å². The van der Waals surface area contributed by atoms with Crippen LogP contribution in [0.4, 0.5) is 5.69 Å². The minimum absolute atomic E-state index is 0.172. The number of sulfonamides is 1. The Bertz CT molecular complexity index is 1370. The Morgan fingerprint density at radius 3 is 1.86 bits per heavy atom. The van der Waals surface area contributed by atoms with Crippen molar-refractivity contribution in [2.24, 2.45) is 0 Å². The number of hydrogen-bond donors (Lipinski definition) is 1. The molecule has 190 valence electrons. The van der Waals surface area contributed by atoms with Gasteiger partial charge in [-0.3, -0.25) is 9.10 Å². The van der Waals surface area contributed by atoms with Crippen LogP contribution in [0.3, 0.4) is 0 Å². The molecule has 0 aliphatic rings. The van der Waals surface area contributed by atoms with Gasteiger partial charge in [0.2, 0.25) is 0 Å². The maximum atomic E-state index is 13.2. The van der Waals surface area contributed by atoms with Crippen LogP contribution in [0.1, 0.15) is 29.7 Å². The van der Waals surface area contributed by atoms with Crippen molar-refractivity contribution in [2.75, 3.05) is 17.5 Å². The molecule has 1 N–H and O–H groups in total. The van der Waals surface area contributed by atoms with Crippen LogP contribution in [0.2, 0.25) is 0 Å². The molecule has 0 spiro atoms. The zero-order chi connectivity index (χ0) is 26.3. The van der Waals surface area contributed by atoms with Gasteiger partial charge in [0.25, 0.3) is 15.9 Å². The molecular weight excluding hydrogens is 484 g/mol. The lowest BCUT2D eigenvalue weighted by molar-refractivity contribution is -0.123. The van der Waals surface area contributed by atoms with E-state index in [-0.39, 0.29) is 30.0 Å². The average molecular weight is 515 g/mol. The number of carbonyl (C=O) groups is 1. The lowest BCUT2D eigenvalue weighted by Crippen LogP contribution is -2.33. The van der Waals surface area contributed by atoms with Crippen LogP contribution in [-0.4, -0.2) is 27.5 Å². The van der Waals surface area contributed by atoms with Gasteiger partial charge in [-0.1, -0.05) is 78.4 Å². The standard InChI is InChI=1S/C30H30N2O4S/c1-3-32(37(34,35)28-20-14-23(2)15-21-28)26-16-18-27(19-17-26)36-22-29(33)31-30(24-10-6-4-7-11-24)25-12-8-5-9-13-25/h4-21,30H,3,22H2,1-2H3,(H,31,33). The maximum Gasteiger partial charge on any atom is 0.264 e. The molecule has 0 atom stereocenters. The number of rotatable bonds is 10. The molecule has 0 radical (unpaired) electrons. The molecule has 0 aromatic heterocycles. The molecule has 4 rings (SSSR count). The molecule has 4 aromatic carbocycles. The fraction of sp³-hybridized carbons (Fsp3) is 0.167. The predicted molar refractivity (Wildman–Crippen MR) is 146 cm³/mol. The number of amides is 1. The van der Waals surface area contributed by atoms with Gasteiger partial charge < -0.3 is 10.1 Å². The van der Waals surface area contributed by atoms with E-state index in [1.54, 1.807) is 55.5 Å². The van der Waals surface area contributed by atoms with Crippen LogP contribution in [0.15, 0.2) is 114 Å². The van der Waals surface area contributed by atoms with E-state index in [1.807, 2.05) is 67.6 Å². The van der Waals surface area contributed by atoms with Crippen molar-refractivity contribution < 1.29 is 17.9 Å². The minimum atomic E-state index is -3.70. The highest BCUT2D eigenvalue weighted by Crippen LogP contribution is 2.26. The summed E-state index contributed by atoms with van der Waals surface area (Å²) in [5.74, 6) is 0.206. The average Bonchev–Trinajstić information content (AvgIpc) is 2.93. The van der Waals surface area contributed by atoms with E-state index < -0.39 is 10.0 Å². The lowest BCUT2D eigenvalue weighted by atomic mass is 9.99. The second-order valence-electron chi connectivity index (χ2n) is 8.59. The van der Waals surface area contributed by atoms with Gasteiger partial charge in [0.15, 0.2) is 6.61 Å². The molecule has 1 amide bonds. The zero-order valence-electron chi connectivity index (χ0n) is 20.9. The smallest absolute Gasteiger partial charge is 0.264 e. The van der Waals surface area contributed by atoms with Crippen molar-refractivity contribution in [1.82, 2.24) is 5.32 Å². The molecule has 0 saturated heterocycles. The SMILES string of the molecule is CCN(c1ccc(OCC(=O)NC(c2ccccc2)c2ccccc2)cc1)S(=O)(=O)c1ccc(C)cc1. The molecule has 37 heavy (non-hydrogen) atoms. The lowest BCUT2D eigenvalue weighted by Gasteiger charge is -2.23. The Labute approximate surface area is 218 Å². The summed E-state index contributed by atoms with van der Waals surface area (Å²) in [6, 6.07) is 32.7. The fourth-order valence-corrected chi connectivity index (χ4v) is 5.51. The van der Waals surface area contributed by atoms with Crippen molar-refractivity contribution >= 4 is 21.6 Å². The maximum absolute atomic E-state index is 13.2. The molecular formula is C30H30N2O4S. The first-order valence-electron chi connectivity index (χ1n) is 12.1. The largest absolute Gasteiger partial charge is 0.484 e. The fourth-order valence-electron chi connectivity index (χ4n) is 4.04. The molecule has 0 unspecified atom stereocenters. The number of nitrogens with zero attached hydrogens (tertiary/aromatic N) is 1. The van der Waals surface area contributed by atoms with Gasteiger partial charge in [0.05, 0.1) is 16.6 Å². The molecule has 0 aliphatic heterocycles. The molecule has 0 aliphatic carbocycles. The number of hydrogen-bond acceptors (Lipinski definition) is 4. The number of anilines is 1. The molecule has 0 fully saturated rings. The summed E-state index contributed by atoms with van der Waals surface area (Å²) in [4.78, 5) is 13.0. The third kappa shape index (κ3) is 6.37. The number of aryl methyl sites for hydroxylation is 1. The molecule has 0 heterocycles. The summed E-state index contributed by atoms with van der Waals surface area (Å²) >= 11 is 0. The van der Waals surface area contributed by atoms with E-state index in [0.29, 0.717) is 11.4 Å². The third-order valence-corrected chi connectivity index (χ3v) is 7.88. The number of carbonyl (C=O) groups excluding carboxylic acids is 1. The van der Waals surface area contributed by atoms with Gasteiger partial charge in [0.1, 0.15) is 5.75 Å². The molecule has 4 aromatic rings. The Morgan fingerprint density at radius 2 is 1.35 bits per heavy atom. The summed E-state index contributed by atoms with van der Waals surface area (Å²) < 4.78 is 33.4. The summed E-state index contributed by atoms with van der Waals surface area (Å²) in [5.41, 5.74) is 3.46. The van der Waals surface area contributed by atoms with E-state index in [1.165, 1.54) is 4.31 Å². The van der Waals surface area contributed by atoms with E-state index in [9.17, 15) is 13.2 Å². The summed E-state index contributed by atoms with van der Waals surface area (Å²) in [6.07, 6.45) is 0. The third-order valence-electron chi connectivity index (χ3n) is 5.96. The first-order valence-corrected chi connectivity index (χ1v) is 13.5. The minimum Gasteiger partial charge on any atom is -0.484 e. The van der Waals surface area contributed by atoms with Crippen LogP contribution >= 0.6 is 0 Å². The van der Waals surface area contributed by atoms with E-state index in [4.69, 9.17) is 4.74 Å². The monoisotopic (exact) mass is 514 g/mol.